The van der Waals surface area contributed by atoms with E-state index in [0.29, 0.717) is 31.7 Å². The predicted molar refractivity (Wildman–Crippen MR) is 107 cm³/mol. The van der Waals surface area contributed by atoms with E-state index in [1.807, 2.05) is 4.90 Å². The van der Waals surface area contributed by atoms with Crippen LogP contribution in [0.3, 0.4) is 0 Å². The molecule has 3 heterocycles. The number of carbonyl (C=O) groups excluding carboxylic acids is 2. The molecule has 0 bridgehead atoms. The quantitative estimate of drug-likeness (QED) is 0.717. The van der Waals surface area contributed by atoms with E-state index in [1.165, 1.54) is 24.2 Å². The van der Waals surface area contributed by atoms with Crippen molar-refractivity contribution in [1.29, 1.82) is 0 Å². The zero-order valence-electron chi connectivity index (χ0n) is 17.9. The summed E-state index contributed by atoms with van der Waals surface area (Å²) < 4.78 is 44.0. The highest BCUT2D eigenvalue weighted by molar-refractivity contribution is 5.91. The lowest BCUT2D eigenvalue weighted by Crippen LogP contribution is -2.58. The molecule has 0 atom stereocenters. The molecule has 2 aliphatic rings. The number of hydrogen-bond acceptors (Lipinski definition) is 7. The molecule has 1 spiro atoms. The summed E-state index contributed by atoms with van der Waals surface area (Å²) in [6.07, 6.45) is -1.88. The molecule has 4 rings (SSSR count). The molecule has 33 heavy (non-hydrogen) atoms. The van der Waals surface area contributed by atoms with Crippen LogP contribution >= 0.6 is 0 Å². The lowest BCUT2D eigenvalue weighted by atomic mass is 9.60. The van der Waals surface area contributed by atoms with Crippen molar-refractivity contribution in [2.24, 2.45) is 5.41 Å². The summed E-state index contributed by atoms with van der Waals surface area (Å²) in [5, 5.41) is 17.8. The van der Waals surface area contributed by atoms with Gasteiger partial charge < -0.3 is 29.5 Å². The number of pyridine rings is 1. The standard InChI is InChI=1S/C21H24F3N5O4/c1-25-18(30)16-9-15(33-27-16)12-29(19(31)32)14-10-20(11-14)3-6-28(7-4-20)17-8-13(2-5-26-17)21(22,23)24/h2,5,8-9,14H,3-4,6-7,10-12H2,1H3,(H,25,30)(H,31,32)/p-1. The molecule has 2 aromatic heterocycles. The topological polar surface area (TPSA) is 115 Å². The second-order valence-electron chi connectivity index (χ2n) is 8.60. The van der Waals surface area contributed by atoms with E-state index >= 15 is 0 Å². The first kappa shape index (κ1) is 22.9. The van der Waals surface area contributed by atoms with E-state index in [4.69, 9.17) is 4.52 Å². The summed E-state index contributed by atoms with van der Waals surface area (Å²) in [6, 6.07) is 3.14. The normalized spacial score (nSPS) is 18.1. The van der Waals surface area contributed by atoms with Crippen LogP contribution in [-0.2, 0) is 12.7 Å². The van der Waals surface area contributed by atoms with Gasteiger partial charge in [0.1, 0.15) is 11.9 Å². The van der Waals surface area contributed by atoms with Gasteiger partial charge in [-0.25, -0.2) is 4.98 Å². The number of carbonyl (C=O) groups is 2. The molecule has 178 valence electrons. The number of aromatic nitrogens is 2. The molecular formula is C21H23F3N5O4-. The van der Waals surface area contributed by atoms with Gasteiger partial charge in [0.2, 0.25) is 0 Å². The van der Waals surface area contributed by atoms with Crippen LogP contribution in [0.15, 0.2) is 28.9 Å². The fourth-order valence-electron chi connectivity index (χ4n) is 4.68. The van der Waals surface area contributed by atoms with Crippen LogP contribution in [0.1, 0.15) is 47.5 Å². The monoisotopic (exact) mass is 466 g/mol. The van der Waals surface area contributed by atoms with Gasteiger partial charge in [-0.2, -0.15) is 13.2 Å². The minimum Gasteiger partial charge on any atom is -0.530 e. The Balaban J connectivity index is 1.35. The average molecular weight is 466 g/mol. The van der Waals surface area contributed by atoms with Crippen molar-refractivity contribution in [2.45, 2.75) is 44.4 Å². The lowest BCUT2D eigenvalue weighted by molar-refractivity contribution is -0.273. The first-order valence-electron chi connectivity index (χ1n) is 10.5. The van der Waals surface area contributed by atoms with E-state index in [-0.39, 0.29) is 29.5 Å². The molecule has 0 unspecified atom stereocenters. The number of amides is 2. The van der Waals surface area contributed by atoms with Crippen LogP contribution in [0.25, 0.3) is 0 Å². The van der Waals surface area contributed by atoms with Gasteiger partial charge in [0, 0.05) is 38.4 Å². The Morgan fingerprint density at radius 1 is 1.30 bits per heavy atom. The Morgan fingerprint density at radius 3 is 2.61 bits per heavy atom. The summed E-state index contributed by atoms with van der Waals surface area (Å²) in [4.78, 5) is 30.4. The second-order valence-corrected chi connectivity index (χ2v) is 8.60. The molecule has 9 nitrogen and oxygen atoms in total. The number of rotatable bonds is 5. The third kappa shape index (κ3) is 4.74. The molecule has 12 heteroatoms. The average Bonchev–Trinajstić information content (AvgIpc) is 3.23. The fourth-order valence-corrected chi connectivity index (χ4v) is 4.68. The third-order valence-electron chi connectivity index (χ3n) is 6.58. The van der Waals surface area contributed by atoms with Gasteiger partial charge >= 0.3 is 6.18 Å². The predicted octanol–water partition coefficient (Wildman–Crippen LogP) is 2.04. The Bertz CT molecular complexity index is 1020. The number of alkyl halides is 3. The number of carboxylic acid groups (broad SMARTS) is 1. The number of anilines is 1. The minimum absolute atomic E-state index is 0.0615. The highest BCUT2D eigenvalue weighted by Gasteiger charge is 2.48. The Kier molecular flexibility index (Phi) is 5.93. The summed E-state index contributed by atoms with van der Waals surface area (Å²) in [7, 11) is 1.45. The maximum absolute atomic E-state index is 13.0. The van der Waals surface area contributed by atoms with Crippen molar-refractivity contribution >= 4 is 17.8 Å². The summed E-state index contributed by atoms with van der Waals surface area (Å²) >= 11 is 0. The Morgan fingerprint density at radius 2 is 2.00 bits per heavy atom. The molecular weight excluding hydrogens is 443 g/mol. The molecule has 0 aromatic carbocycles. The summed E-state index contributed by atoms with van der Waals surface area (Å²) in [6.45, 7) is 1.02. The van der Waals surface area contributed by atoms with Crippen LogP contribution < -0.4 is 15.3 Å². The zero-order chi connectivity index (χ0) is 23.8. The third-order valence-corrected chi connectivity index (χ3v) is 6.58. The van der Waals surface area contributed by atoms with Gasteiger partial charge in [0.05, 0.1) is 12.1 Å². The number of hydrogen-bond donors (Lipinski definition) is 1. The first-order valence-corrected chi connectivity index (χ1v) is 10.5. The maximum Gasteiger partial charge on any atom is 0.416 e. The number of nitrogens with zero attached hydrogens (tertiary/aromatic N) is 4. The van der Waals surface area contributed by atoms with Crippen LogP contribution in [0.4, 0.5) is 23.8 Å². The van der Waals surface area contributed by atoms with Crippen molar-refractivity contribution in [3.8, 4) is 0 Å². The van der Waals surface area contributed by atoms with Crippen molar-refractivity contribution in [3.63, 3.8) is 0 Å². The molecule has 1 saturated carbocycles. The van der Waals surface area contributed by atoms with Gasteiger partial charge in [-0.15, -0.1) is 0 Å². The number of piperidine rings is 1. The Hall–Kier alpha value is -3.31. The van der Waals surface area contributed by atoms with Crippen LogP contribution in [-0.4, -0.2) is 53.2 Å². The zero-order valence-corrected chi connectivity index (χ0v) is 17.9. The second kappa shape index (κ2) is 8.56. The first-order chi connectivity index (χ1) is 15.6. The van der Waals surface area contributed by atoms with Crippen LogP contribution in [0.5, 0.6) is 0 Å². The highest BCUT2D eigenvalue weighted by atomic mass is 19.4. The molecule has 2 aromatic rings. The van der Waals surface area contributed by atoms with Gasteiger partial charge in [0.15, 0.2) is 11.5 Å². The Labute approximate surface area is 187 Å². The van der Waals surface area contributed by atoms with Gasteiger partial charge in [-0.05, 0) is 43.2 Å². The van der Waals surface area contributed by atoms with E-state index in [0.717, 1.165) is 25.0 Å². The lowest BCUT2D eigenvalue weighted by Gasteiger charge is -2.55. The molecule has 1 aliphatic heterocycles. The van der Waals surface area contributed by atoms with Crippen molar-refractivity contribution < 1.29 is 32.4 Å². The largest absolute Gasteiger partial charge is 0.530 e. The highest BCUT2D eigenvalue weighted by Crippen LogP contribution is 2.51. The number of nitrogens with one attached hydrogen (secondary N) is 1. The fraction of sp³-hybridized carbons (Fsp3) is 0.524. The smallest absolute Gasteiger partial charge is 0.416 e. The van der Waals surface area contributed by atoms with Crippen LogP contribution in [0, 0.1) is 5.41 Å². The molecule has 2 amide bonds. The van der Waals surface area contributed by atoms with Crippen molar-refractivity contribution in [2.75, 3.05) is 25.0 Å². The molecule has 1 saturated heterocycles. The molecule has 0 radical (unpaired) electrons. The van der Waals surface area contributed by atoms with E-state index in [1.54, 1.807) is 0 Å². The van der Waals surface area contributed by atoms with E-state index < -0.39 is 23.7 Å². The molecule has 2 fully saturated rings. The van der Waals surface area contributed by atoms with E-state index in [9.17, 15) is 27.9 Å². The maximum atomic E-state index is 13.0. The van der Waals surface area contributed by atoms with Crippen molar-refractivity contribution in [3.05, 3.63) is 41.4 Å². The SMILES string of the molecule is CNC(=O)c1cc(CN(C(=O)[O-])C2CC3(CCN(c4cc(C(F)(F)F)ccn4)CC3)C2)on1. The minimum atomic E-state index is -4.42. The van der Waals surface area contributed by atoms with Crippen molar-refractivity contribution in [1.82, 2.24) is 20.4 Å². The van der Waals surface area contributed by atoms with Gasteiger partial charge in [0.25, 0.3) is 5.91 Å². The van der Waals surface area contributed by atoms with Gasteiger partial charge in [-0.3, -0.25) is 4.79 Å². The summed E-state index contributed by atoms with van der Waals surface area (Å²) in [5.41, 5.74) is -0.731. The van der Waals surface area contributed by atoms with E-state index in [2.05, 4.69) is 15.5 Å². The molecule has 1 N–H and O–H groups in total. The molecule has 1 aliphatic carbocycles. The van der Waals surface area contributed by atoms with Gasteiger partial charge in [-0.1, -0.05) is 5.16 Å². The van der Waals surface area contributed by atoms with Crippen LogP contribution in [0.2, 0.25) is 0 Å². The summed E-state index contributed by atoms with van der Waals surface area (Å²) in [5.74, 6) is 0.1000. The number of halogens is 3.